The van der Waals surface area contributed by atoms with E-state index in [0.29, 0.717) is 6.42 Å². The Labute approximate surface area is 199 Å². The molecule has 1 saturated heterocycles. The van der Waals surface area contributed by atoms with Crippen LogP contribution in [0.4, 0.5) is 5.69 Å². The molecule has 0 aliphatic carbocycles. The molecule has 1 amide bonds. The monoisotopic (exact) mass is 517 g/mol. The topological polar surface area (TPSA) is 59.0 Å². The second kappa shape index (κ2) is 8.28. The summed E-state index contributed by atoms with van der Waals surface area (Å²) in [6.45, 7) is 8.93. The predicted molar refractivity (Wildman–Crippen MR) is 134 cm³/mol. The van der Waals surface area contributed by atoms with Crippen molar-refractivity contribution in [2.24, 2.45) is 5.92 Å². The van der Waals surface area contributed by atoms with Crippen molar-refractivity contribution in [3.63, 3.8) is 0 Å². The lowest BCUT2D eigenvalue weighted by molar-refractivity contribution is -0.146. The molecule has 1 spiro atoms. The molecule has 2 aromatic rings. The Balaban J connectivity index is 1.86. The van der Waals surface area contributed by atoms with Crippen molar-refractivity contribution in [2.45, 2.75) is 50.6 Å². The van der Waals surface area contributed by atoms with Gasteiger partial charge in [0.05, 0.1) is 27.0 Å². The van der Waals surface area contributed by atoms with Crippen LogP contribution in [0.5, 0.6) is 5.75 Å². The zero-order chi connectivity index (χ0) is 23.4. The Hall–Kier alpha value is -1.67. The summed E-state index contributed by atoms with van der Waals surface area (Å²) in [5.41, 5.74) is 2.04. The first-order chi connectivity index (χ1) is 15.1. The molecule has 2 aromatic carbocycles. The van der Waals surface area contributed by atoms with E-state index < -0.39 is 13.7 Å². The lowest BCUT2D eigenvalue weighted by Gasteiger charge is -2.37. The molecule has 7 heteroatoms. The first kappa shape index (κ1) is 23.5. The third-order valence-electron chi connectivity index (χ3n) is 7.56. The SMILES string of the molecule is COc1ccc([Si](C)(C)[C@H]2[C@H](CCO)O[C@@]3(C(=O)N(C)c4c(Br)cc(C)cc43)[C@@H]2C)cc1. The fourth-order valence-electron chi connectivity index (χ4n) is 6.04. The highest BCUT2D eigenvalue weighted by Crippen LogP contribution is 2.60. The zero-order valence-electron chi connectivity index (χ0n) is 19.6. The third-order valence-corrected chi connectivity index (χ3v) is 12.5. The highest BCUT2D eigenvalue weighted by Gasteiger charge is 2.66. The molecule has 1 fully saturated rings. The molecule has 5 nitrogen and oxygen atoms in total. The van der Waals surface area contributed by atoms with Gasteiger partial charge in [0, 0.05) is 29.6 Å². The van der Waals surface area contributed by atoms with E-state index in [1.807, 2.05) is 32.2 Å². The van der Waals surface area contributed by atoms with Gasteiger partial charge < -0.3 is 19.5 Å². The number of hydrogen-bond acceptors (Lipinski definition) is 4. The van der Waals surface area contributed by atoms with E-state index in [2.05, 4.69) is 54.1 Å². The highest BCUT2D eigenvalue weighted by atomic mass is 79.9. The van der Waals surface area contributed by atoms with Crippen LogP contribution in [-0.2, 0) is 15.1 Å². The summed E-state index contributed by atoms with van der Waals surface area (Å²) >= 11 is 3.67. The molecule has 0 saturated carbocycles. The van der Waals surface area contributed by atoms with E-state index in [-0.39, 0.29) is 30.1 Å². The summed E-state index contributed by atoms with van der Waals surface area (Å²) in [5, 5.41) is 11.2. The van der Waals surface area contributed by atoms with Gasteiger partial charge in [0.2, 0.25) is 0 Å². The van der Waals surface area contributed by atoms with Crippen molar-refractivity contribution in [3.8, 4) is 5.75 Å². The molecular weight excluding hydrogens is 486 g/mol. The molecule has 2 aliphatic heterocycles. The normalized spacial score (nSPS) is 27.3. The summed E-state index contributed by atoms with van der Waals surface area (Å²) in [6.07, 6.45) is 0.323. The maximum atomic E-state index is 13.8. The molecule has 2 heterocycles. The molecule has 1 N–H and O–H groups in total. The summed E-state index contributed by atoms with van der Waals surface area (Å²) in [4.78, 5) is 15.6. The van der Waals surface area contributed by atoms with E-state index in [1.165, 1.54) is 5.19 Å². The van der Waals surface area contributed by atoms with Gasteiger partial charge in [-0.3, -0.25) is 4.79 Å². The van der Waals surface area contributed by atoms with Crippen LogP contribution in [0.25, 0.3) is 0 Å². The van der Waals surface area contributed by atoms with Gasteiger partial charge in [-0.2, -0.15) is 0 Å². The van der Waals surface area contributed by atoms with Crippen LogP contribution >= 0.6 is 15.9 Å². The van der Waals surface area contributed by atoms with Gasteiger partial charge in [-0.05, 0) is 58.6 Å². The van der Waals surface area contributed by atoms with Crippen LogP contribution in [0.2, 0.25) is 18.6 Å². The minimum Gasteiger partial charge on any atom is -0.497 e. The number of hydrogen-bond donors (Lipinski definition) is 1. The Kier molecular flexibility index (Phi) is 6.07. The van der Waals surface area contributed by atoms with Gasteiger partial charge in [-0.25, -0.2) is 0 Å². The molecule has 4 rings (SSSR count). The Morgan fingerprint density at radius 1 is 1.25 bits per heavy atom. The molecule has 32 heavy (non-hydrogen) atoms. The minimum absolute atomic E-state index is 0.0173. The van der Waals surface area contributed by atoms with Crippen molar-refractivity contribution < 1.29 is 19.4 Å². The van der Waals surface area contributed by atoms with E-state index in [0.717, 1.165) is 27.0 Å². The average Bonchev–Trinajstić information content (AvgIpc) is 3.16. The molecule has 172 valence electrons. The second-order valence-corrected chi connectivity index (χ2v) is 15.2. The van der Waals surface area contributed by atoms with Crippen LogP contribution in [0, 0.1) is 12.8 Å². The number of carbonyl (C=O) groups excluding carboxylic acids is 1. The van der Waals surface area contributed by atoms with Crippen molar-refractivity contribution >= 4 is 40.8 Å². The number of nitrogens with zero attached hydrogens (tertiary/aromatic N) is 1. The molecular formula is C25H32BrNO4Si. The molecule has 0 bridgehead atoms. The number of anilines is 1. The molecule has 0 aromatic heterocycles. The van der Waals surface area contributed by atoms with Crippen LogP contribution in [0.15, 0.2) is 40.9 Å². The smallest absolute Gasteiger partial charge is 0.264 e. The number of aliphatic hydroxyl groups excluding tert-OH is 1. The van der Waals surface area contributed by atoms with Gasteiger partial charge in [-0.15, -0.1) is 0 Å². The summed E-state index contributed by atoms with van der Waals surface area (Å²) < 4.78 is 13.0. The Morgan fingerprint density at radius 3 is 2.50 bits per heavy atom. The largest absolute Gasteiger partial charge is 0.497 e. The number of ether oxygens (including phenoxy) is 2. The minimum atomic E-state index is -2.11. The fourth-order valence-corrected chi connectivity index (χ4v) is 10.9. The standard InChI is InChI=1S/C25H32BrNO4Si/c1-15-13-19-22(20(26)14-15)27(3)24(29)25(19)16(2)23(21(31-25)11-12-28)32(5,6)18-9-7-17(30-4)8-10-18/h7-10,13-14,16,21,23,28H,11-12H2,1-6H3/t16-,21+,23-,25+/m1/s1. The van der Waals surface area contributed by atoms with Gasteiger partial charge in [-0.1, -0.05) is 43.4 Å². The van der Waals surface area contributed by atoms with Crippen LogP contribution < -0.4 is 14.8 Å². The van der Waals surface area contributed by atoms with Gasteiger partial charge >= 0.3 is 0 Å². The maximum Gasteiger partial charge on any atom is 0.264 e. The van der Waals surface area contributed by atoms with Crippen LogP contribution in [0.3, 0.4) is 0 Å². The van der Waals surface area contributed by atoms with Gasteiger partial charge in [0.1, 0.15) is 5.75 Å². The molecule has 4 atom stereocenters. The number of halogens is 1. The van der Waals surface area contributed by atoms with Crippen LogP contribution in [0.1, 0.15) is 24.5 Å². The number of carbonyl (C=O) groups is 1. The predicted octanol–water partition coefficient (Wildman–Crippen LogP) is 4.34. The summed E-state index contributed by atoms with van der Waals surface area (Å²) in [6, 6.07) is 12.4. The molecule has 2 aliphatic rings. The van der Waals surface area contributed by atoms with E-state index >= 15 is 0 Å². The first-order valence-electron chi connectivity index (χ1n) is 11.1. The Bertz CT molecular complexity index is 1040. The zero-order valence-corrected chi connectivity index (χ0v) is 22.2. The van der Waals surface area contributed by atoms with Crippen molar-refractivity contribution in [3.05, 3.63) is 52.0 Å². The number of methoxy groups -OCH3 is 1. The Morgan fingerprint density at radius 2 is 1.91 bits per heavy atom. The molecule has 0 unspecified atom stereocenters. The van der Waals surface area contributed by atoms with Crippen molar-refractivity contribution in [2.75, 3.05) is 25.7 Å². The number of benzene rings is 2. The number of aliphatic hydroxyl groups is 1. The van der Waals surface area contributed by atoms with Crippen LogP contribution in [-0.4, -0.2) is 46.0 Å². The van der Waals surface area contributed by atoms with E-state index in [9.17, 15) is 9.90 Å². The first-order valence-corrected chi connectivity index (χ1v) is 15.0. The third kappa shape index (κ3) is 3.28. The quantitative estimate of drug-likeness (QED) is 0.599. The van der Waals surface area contributed by atoms with E-state index in [4.69, 9.17) is 9.47 Å². The van der Waals surface area contributed by atoms with Crippen molar-refractivity contribution in [1.29, 1.82) is 0 Å². The number of fused-ring (bicyclic) bond motifs is 2. The number of rotatable bonds is 5. The van der Waals surface area contributed by atoms with Gasteiger partial charge in [0.15, 0.2) is 5.60 Å². The van der Waals surface area contributed by atoms with Crippen molar-refractivity contribution in [1.82, 2.24) is 0 Å². The summed E-state index contributed by atoms with van der Waals surface area (Å²) in [5.74, 6) is 0.781. The number of aryl methyl sites for hydroxylation is 1. The number of amides is 1. The van der Waals surface area contributed by atoms with Gasteiger partial charge in [0.25, 0.3) is 5.91 Å². The van der Waals surface area contributed by atoms with E-state index in [1.54, 1.807) is 12.0 Å². The summed E-state index contributed by atoms with van der Waals surface area (Å²) in [7, 11) is 1.38. The average molecular weight is 519 g/mol. The second-order valence-electron chi connectivity index (χ2n) is 9.68. The highest BCUT2D eigenvalue weighted by molar-refractivity contribution is 9.10. The lowest BCUT2D eigenvalue weighted by Crippen LogP contribution is -2.51. The maximum absolute atomic E-state index is 13.8. The lowest BCUT2D eigenvalue weighted by atomic mass is 9.82. The molecule has 0 radical (unpaired) electrons. The fraction of sp³-hybridized carbons (Fsp3) is 0.480. The number of likely N-dealkylation sites (N-methyl/N-ethyl adjacent to an activating group) is 1.